The summed E-state index contributed by atoms with van der Waals surface area (Å²) in [6, 6.07) is 7.30. The van der Waals surface area contributed by atoms with E-state index in [9.17, 15) is 4.79 Å². The number of carbonyl (C=O) groups is 1. The Morgan fingerprint density at radius 2 is 2.23 bits per heavy atom. The highest BCUT2D eigenvalue weighted by molar-refractivity contribution is 6.11. The number of aromatic nitrogens is 4. The number of fused-ring (bicyclic) bond motifs is 1. The van der Waals surface area contributed by atoms with E-state index in [-0.39, 0.29) is 5.91 Å². The first kappa shape index (κ1) is 12.9. The quantitative estimate of drug-likeness (QED) is 0.805. The van der Waals surface area contributed by atoms with E-state index in [0.29, 0.717) is 17.3 Å². The maximum Gasteiger partial charge on any atom is 0.257 e. The highest BCUT2D eigenvalue weighted by Crippen LogP contribution is 2.40. The molecule has 4 rings (SSSR count). The number of nitrogens with one attached hydrogen (secondary N) is 1. The van der Waals surface area contributed by atoms with E-state index in [2.05, 4.69) is 20.4 Å². The SMILES string of the molecule is Cn1ncc2c(C(=O)Nc3ccccn3)cc(C3CC3)nc21. The first-order valence-electron chi connectivity index (χ1n) is 7.27. The molecule has 0 spiro atoms. The summed E-state index contributed by atoms with van der Waals surface area (Å²) in [5.74, 6) is 0.830. The second-order valence-corrected chi connectivity index (χ2v) is 5.54. The number of carbonyl (C=O) groups excluding carboxylic acids is 1. The predicted octanol–water partition coefficient (Wildman–Crippen LogP) is 2.49. The van der Waals surface area contributed by atoms with Crippen LogP contribution in [0.15, 0.2) is 36.7 Å². The van der Waals surface area contributed by atoms with Crippen LogP contribution in [-0.2, 0) is 7.05 Å². The number of nitrogens with zero attached hydrogens (tertiary/aromatic N) is 4. The van der Waals surface area contributed by atoms with Crippen molar-refractivity contribution in [3.63, 3.8) is 0 Å². The van der Waals surface area contributed by atoms with Gasteiger partial charge in [-0.3, -0.25) is 9.48 Å². The molecule has 3 heterocycles. The Balaban J connectivity index is 1.77. The van der Waals surface area contributed by atoms with Gasteiger partial charge in [-0.05, 0) is 31.0 Å². The van der Waals surface area contributed by atoms with Gasteiger partial charge in [-0.15, -0.1) is 0 Å². The Morgan fingerprint density at radius 3 is 2.95 bits per heavy atom. The first-order valence-corrected chi connectivity index (χ1v) is 7.27. The molecule has 1 fully saturated rings. The van der Waals surface area contributed by atoms with Gasteiger partial charge in [0.25, 0.3) is 5.91 Å². The molecule has 110 valence electrons. The van der Waals surface area contributed by atoms with Crippen molar-refractivity contribution in [1.29, 1.82) is 0 Å². The Labute approximate surface area is 127 Å². The van der Waals surface area contributed by atoms with E-state index in [1.165, 1.54) is 0 Å². The van der Waals surface area contributed by atoms with Gasteiger partial charge in [0, 0.05) is 24.9 Å². The van der Waals surface area contributed by atoms with Crippen LogP contribution >= 0.6 is 0 Å². The number of amides is 1. The largest absolute Gasteiger partial charge is 0.307 e. The average molecular weight is 293 g/mol. The molecule has 1 saturated carbocycles. The lowest BCUT2D eigenvalue weighted by Crippen LogP contribution is -2.14. The fraction of sp³-hybridized carbons (Fsp3) is 0.250. The summed E-state index contributed by atoms with van der Waals surface area (Å²) >= 11 is 0. The maximum absolute atomic E-state index is 12.6. The first-order chi connectivity index (χ1) is 10.7. The van der Waals surface area contributed by atoms with Gasteiger partial charge in [0.1, 0.15) is 5.82 Å². The summed E-state index contributed by atoms with van der Waals surface area (Å²) in [5, 5.41) is 7.82. The Hall–Kier alpha value is -2.76. The number of anilines is 1. The number of aryl methyl sites for hydroxylation is 1. The Bertz CT molecular complexity index is 852. The van der Waals surface area contributed by atoms with E-state index in [1.807, 2.05) is 25.2 Å². The van der Waals surface area contributed by atoms with Crippen LogP contribution in [0.3, 0.4) is 0 Å². The second-order valence-electron chi connectivity index (χ2n) is 5.54. The van der Waals surface area contributed by atoms with Gasteiger partial charge in [0.05, 0.1) is 17.1 Å². The fourth-order valence-corrected chi connectivity index (χ4v) is 2.53. The van der Waals surface area contributed by atoms with Crippen LogP contribution in [0.25, 0.3) is 11.0 Å². The molecule has 22 heavy (non-hydrogen) atoms. The van der Waals surface area contributed by atoms with Crippen molar-refractivity contribution in [2.45, 2.75) is 18.8 Å². The van der Waals surface area contributed by atoms with Gasteiger partial charge in [0.2, 0.25) is 0 Å². The molecule has 0 aliphatic heterocycles. The minimum Gasteiger partial charge on any atom is -0.307 e. The summed E-state index contributed by atoms with van der Waals surface area (Å²) in [5.41, 5.74) is 2.32. The van der Waals surface area contributed by atoms with E-state index in [4.69, 9.17) is 0 Å². The second kappa shape index (κ2) is 4.91. The van der Waals surface area contributed by atoms with Crippen molar-refractivity contribution < 1.29 is 4.79 Å². The summed E-state index contributed by atoms with van der Waals surface area (Å²) in [6.07, 6.45) is 5.61. The maximum atomic E-state index is 12.6. The average Bonchev–Trinajstić information content (AvgIpc) is 3.32. The van der Waals surface area contributed by atoms with Gasteiger partial charge in [0.15, 0.2) is 5.65 Å². The number of rotatable bonds is 3. The molecular weight excluding hydrogens is 278 g/mol. The summed E-state index contributed by atoms with van der Waals surface area (Å²) in [7, 11) is 1.84. The topological polar surface area (TPSA) is 72.7 Å². The van der Waals surface area contributed by atoms with Crippen molar-refractivity contribution in [2.75, 3.05) is 5.32 Å². The van der Waals surface area contributed by atoms with Crippen molar-refractivity contribution in [3.05, 3.63) is 47.9 Å². The molecule has 1 aliphatic carbocycles. The lowest BCUT2D eigenvalue weighted by Gasteiger charge is -2.07. The third-order valence-electron chi connectivity index (χ3n) is 3.87. The zero-order valence-corrected chi connectivity index (χ0v) is 12.2. The normalized spacial score (nSPS) is 14.2. The highest BCUT2D eigenvalue weighted by atomic mass is 16.1. The van der Waals surface area contributed by atoms with E-state index in [1.54, 1.807) is 23.1 Å². The molecule has 0 saturated heterocycles. The third-order valence-corrected chi connectivity index (χ3v) is 3.87. The standard InChI is InChI=1S/C16H15N5O/c1-21-15-12(9-18-21)11(8-13(19-15)10-5-6-10)16(22)20-14-4-2-3-7-17-14/h2-4,7-10H,5-6H2,1H3,(H,17,20,22). The zero-order chi connectivity index (χ0) is 15.1. The highest BCUT2D eigenvalue weighted by Gasteiger charge is 2.27. The molecule has 1 amide bonds. The Kier molecular flexibility index (Phi) is 2.89. The summed E-state index contributed by atoms with van der Waals surface area (Å²) in [4.78, 5) is 21.4. The van der Waals surface area contributed by atoms with Crippen molar-refractivity contribution in [2.24, 2.45) is 7.05 Å². The molecule has 0 atom stereocenters. The molecule has 0 radical (unpaired) electrons. The molecule has 6 nitrogen and oxygen atoms in total. The lowest BCUT2D eigenvalue weighted by atomic mass is 10.1. The van der Waals surface area contributed by atoms with Crippen LogP contribution in [-0.4, -0.2) is 25.7 Å². The monoisotopic (exact) mass is 293 g/mol. The van der Waals surface area contributed by atoms with Crippen LogP contribution < -0.4 is 5.32 Å². The molecule has 1 N–H and O–H groups in total. The van der Waals surface area contributed by atoms with Crippen molar-refractivity contribution in [1.82, 2.24) is 19.7 Å². The molecule has 0 unspecified atom stereocenters. The van der Waals surface area contributed by atoms with Gasteiger partial charge < -0.3 is 5.32 Å². The number of hydrogen-bond donors (Lipinski definition) is 1. The van der Waals surface area contributed by atoms with Gasteiger partial charge in [-0.25, -0.2) is 9.97 Å². The van der Waals surface area contributed by atoms with Crippen LogP contribution in [0, 0.1) is 0 Å². The van der Waals surface area contributed by atoms with Crippen molar-refractivity contribution >= 4 is 22.8 Å². The minimum absolute atomic E-state index is 0.180. The van der Waals surface area contributed by atoms with E-state index in [0.717, 1.165) is 29.6 Å². The van der Waals surface area contributed by atoms with Crippen LogP contribution in [0.1, 0.15) is 34.8 Å². The van der Waals surface area contributed by atoms with Crippen molar-refractivity contribution in [3.8, 4) is 0 Å². The van der Waals surface area contributed by atoms with Crippen LogP contribution in [0.5, 0.6) is 0 Å². The molecule has 0 bridgehead atoms. The molecule has 6 heteroatoms. The smallest absolute Gasteiger partial charge is 0.257 e. The summed E-state index contributed by atoms with van der Waals surface area (Å²) in [6.45, 7) is 0. The van der Waals surface area contributed by atoms with Crippen LogP contribution in [0.2, 0.25) is 0 Å². The molecule has 3 aromatic rings. The third kappa shape index (κ3) is 2.22. The zero-order valence-electron chi connectivity index (χ0n) is 12.2. The van der Waals surface area contributed by atoms with Gasteiger partial charge in [-0.1, -0.05) is 6.07 Å². The number of hydrogen-bond acceptors (Lipinski definition) is 4. The minimum atomic E-state index is -0.180. The van der Waals surface area contributed by atoms with Gasteiger partial charge >= 0.3 is 0 Å². The van der Waals surface area contributed by atoms with E-state index < -0.39 is 0 Å². The predicted molar refractivity (Wildman–Crippen MR) is 82.7 cm³/mol. The summed E-state index contributed by atoms with van der Waals surface area (Å²) < 4.78 is 1.71. The Morgan fingerprint density at radius 1 is 1.36 bits per heavy atom. The lowest BCUT2D eigenvalue weighted by molar-refractivity contribution is 0.102. The molecule has 0 aromatic carbocycles. The van der Waals surface area contributed by atoms with E-state index >= 15 is 0 Å². The molecule has 1 aliphatic rings. The molecule has 3 aromatic heterocycles. The fourth-order valence-electron chi connectivity index (χ4n) is 2.53. The number of pyridine rings is 2. The van der Waals surface area contributed by atoms with Crippen LogP contribution in [0.4, 0.5) is 5.82 Å². The molecular formula is C16H15N5O. The van der Waals surface area contributed by atoms with Gasteiger partial charge in [-0.2, -0.15) is 5.10 Å².